The summed E-state index contributed by atoms with van der Waals surface area (Å²) in [5.41, 5.74) is 0.814. The van der Waals surface area contributed by atoms with Crippen molar-refractivity contribution in [2.75, 3.05) is 5.01 Å². The molecule has 0 radical (unpaired) electrons. The number of nitrogens with zero attached hydrogens (tertiary/aromatic N) is 1. The van der Waals surface area contributed by atoms with Crippen LogP contribution < -0.4 is 10.4 Å². The Bertz CT molecular complexity index is 978. The largest absolute Gasteiger partial charge is 0.458 e. The Hall–Kier alpha value is -3.56. The second kappa shape index (κ2) is 7.22. The summed E-state index contributed by atoms with van der Waals surface area (Å²) >= 11 is 0. The Morgan fingerprint density at radius 2 is 2.00 bits per heavy atom. The fraction of sp³-hybridized carbons (Fsp3) is 0.167. The molecule has 10 heteroatoms. The minimum absolute atomic E-state index is 0.116. The number of alkyl halides is 3. The van der Waals surface area contributed by atoms with E-state index >= 15 is 0 Å². The van der Waals surface area contributed by atoms with Crippen molar-refractivity contribution in [2.45, 2.75) is 19.7 Å². The molecule has 7 nitrogen and oxygen atoms in total. The number of nitrogens with one attached hydrogen (secondary N) is 1. The monoisotopic (exact) mass is 394 g/mol. The van der Waals surface area contributed by atoms with Gasteiger partial charge >= 0.3 is 12.1 Å². The van der Waals surface area contributed by atoms with Crippen molar-refractivity contribution in [2.24, 2.45) is 0 Å². The van der Waals surface area contributed by atoms with Crippen LogP contribution in [0.2, 0.25) is 0 Å². The molecule has 0 atom stereocenters. The standard InChI is InChI=1S/C18H13F3N2O5/c1-10(24)27-9-14-6-5-13(28-14)8-15-16(25)22-23(17(15)26)12-4-2-3-11(7-12)18(19,20)21/h2-8H,9H2,1H3,(H,22,25)/b15-8+. The van der Waals surface area contributed by atoms with Gasteiger partial charge in [0.2, 0.25) is 0 Å². The number of amides is 2. The summed E-state index contributed by atoms with van der Waals surface area (Å²) < 4.78 is 48.7. The van der Waals surface area contributed by atoms with Crippen LogP contribution in [0.25, 0.3) is 6.08 Å². The Morgan fingerprint density at radius 3 is 2.68 bits per heavy atom. The van der Waals surface area contributed by atoms with Gasteiger partial charge in [0.15, 0.2) is 0 Å². The molecule has 0 spiro atoms. The third-order valence-corrected chi connectivity index (χ3v) is 3.71. The predicted octanol–water partition coefficient (Wildman–Crippen LogP) is 2.82. The van der Waals surface area contributed by atoms with E-state index in [2.05, 4.69) is 5.43 Å². The Kier molecular flexibility index (Phi) is 4.95. The van der Waals surface area contributed by atoms with Crippen molar-refractivity contribution in [3.05, 3.63) is 59.1 Å². The maximum atomic E-state index is 12.9. The molecule has 1 aromatic carbocycles. The first-order valence-corrected chi connectivity index (χ1v) is 7.91. The van der Waals surface area contributed by atoms with Gasteiger partial charge < -0.3 is 9.15 Å². The van der Waals surface area contributed by atoms with Crippen LogP contribution >= 0.6 is 0 Å². The Balaban J connectivity index is 1.82. The number of ether oxygens (including phenoxy) is 1. The molecule has 1 aromatic heterocycles. The summed E-state index contributed by atoms with van der Waals surface area (Å²) in [5, 5.41) is 0.728. The number of anilines is 1. The minimum atomic E-state index is -4.59. The van der Waals surface area contributed by atoms with Crippen molar-refractivity contribution in [1.82, 2.24) is 5.43 Å². The summed E-state index contributed by atoms with van der Waals surface area (Å²) in [6, 6.07) is 6.96. The lowest BCUT2D eigenvalue weighted by Crippen LogP contribution is -2.35. The van der Waals surface area contributed by atoms with E-state index in [9.17, 15) is 27.6 Å². The zero-order valence-electron chi connectivity index (χ0n) is 14.4. The second-order valence-corrected chi connectivity index (χ2v) is 5.77. The highest BCUT2D eigenvalue weighted by Gasteiger charge is 2.36. The van der Waals surface area contributed by atoms with Crippen LogP contribution in [0.15, 0.2) is 46.4 Å². The van der Waals surface area contributed by atoms with E-state index in [4.69, 9.17) is 9.15 Å². The number of hydrazine groups is 1. The number of furan rings is 1. The van der Waals surface area contributed by atoms with Crippen molar-refractivity contribution in [3.8, 4) is 0 Å². The second-order valence-electron chi connectivity index (χ2n) is 5.77. The van der Waals surface area contributed by atoms with Crippen LogP contribution in [0.3, 0.4) is 0 Å². The molecule has 0 saturated carbocycles. The maximum Gasteiger partial charge on any atom is 0.416 e. The summed E-state index contributed by atoms with van der Waals surface area (Å²) in [6.45, 7) is 1.12. The van der Waals surface area contributed by atoms with E-state index in [0.29, 0.717) is 5.76 Å². The molecule has 1 saturated heterocycles. The molecule has 3 rings (SSSR count). The maximum absolute atomic E-state index is 12.9. The quantitative estimate of drug-likeness (QED) is 0.489. The average Bonchev–Trinajstić information content (AvgIpc) is 3.19. The summed E-state index contributed by atoms with van der Waals surface area (Å²) in [7, 11) is 0. The summed E-state index contributed by atoms with van der Waals surface area (Å²) in [4.78, 5) is 35.4. The molecular weight excluding hydrogens is 381 g/mol. The van der Waals surface area contributed by atoms with Crippen molar-refractivity contribution in [3.63, 3.8) is 0 Å². The number of hydrogen-bond acceptors (Lipinski definition) is 5. The highest BCUT2D eigenvalue weighted by atomic mass is 19.4. The van der Waals surface area contributed by atoms with Gasteiger partial charge in [-0.05, 0) is 36.4 Å². The van der Waals surface area contributed by atoms with E-state index in [-0.39, 0.29) is 23.6 Å². The number of halogens is 3. The first-order valence-electron chi connectivity index (χ1n) is 7.91. The van der Waals surface area contributed by atoms with Gasteiger partial charge in [-0.2, -0.15) is 13.2 Å². The van der Waals surface area contributed by atoms with Crippen molar-refractivity contribution in [1.29, 1.82) is 0 Å². The lowest BCUT2D eigenvalue weighted by atomic mass is 10.1. The number of benzene rings is 1. The fourth-order valence-corrected chi connectivity index (χ4v) is 2.43. The van der Waals surface area contributed by atoms with Gasteiger partial charge in [0.05, 0.1) is 11.3 Å². The van der Waals surface area contributed by atoms with Gasteiger partial charge in [0.1, 0.15) is 23.7 Å². The van der Waals surface area contributed by atoms with Gasteiger partial charge in [-0.15, -0.1) is 0 Å². The predicted molar refractivity (Wildman–Crippen MR) is 89.2 cm³/mol. The molecule has 2 aromatic rings. The zero-order valence-corrected chi connectivity index (χ0v) is 14.4. The summed E-state index contributed by atoms with van der Waals surface area (Å²) in [6.07, 6.45) is -3.43. The average molecular weight is 394 g/mol. The van der Waals surface area contributed by atoms with Gasteiger partial charge in [-0.25, -0.2) is 5.01 Å². The first kappa shape index (κ1) is 19.2. The normalized spacial score (nSPS) is 15.9. The number of hydrogen-bond donors (Lipinski definition) is 1. The van der Waals surface area contributed by atoms with E-state index in [1.54, 1.807) is 0 Å². The van der Waals surface area contributed by atoms with Crippen molar-refractivity contribution < 1.29 is 36.7 Å². The third-order valence-electron chi connectivity index (χ3n) is 3.71. The van der Waals surface area contributed by atoms with Crippen LogP contribution in [0.5, 0.6) is 0 Å². The molecule has 2 amide bonds. The number of esters is 1. The molecule has 146 valence electrons. The number of carbonyl (C=O) groups excluding carboxylic acids is 3. The van der Waals surface area contributed by atoms with Crippen LogP contribution in [0.1, 0.15) is 24.0 Å². The first-order chi connectivity index (χ1) is 13.1. The van der Waals surface area contributed by atoms with E-state index in [1.165, 1.54) is 25.1 Å². The fourth-order valence-electron chi connectivity index (χ4n) is 2.43. The molecule has 28 heavy (non-hydrogen) atoms. The molecule has 0 aliphatic carbocycles. The number of carbonyl (C=O) groups is 3. The highest BCUT2D eigenvalue weighted by molar-refractivity contribution is 6.31. The molecule has 1 aliphatic rings. The van der Waals surface area contributed by atoms with E-state index in [1.807, 2.05) is 0 Å². The summed E-state index contributed by atoms with van der Waals surface area (Å²) in [5.74, 6) is -1.69. The zero-order chi connectivity index (χ0) is 20.5. The number of rotatable bonds is 4. The van der Waals surface area contributed by atoms with Gasteiger partial charge in [0, 0.05) is 6.92 Å². The van der Waals surface area contributed by atoms with Gasteiger partial charge in [0.25, 0.3) is 11.8 Å². The molecule has 2 heterocycles. The van der Waals surface area contributed by atoms with Crippen LogP contribution in [-0.2, 0) is 31.9 Å². The van der Waals surface area contributed by atoms with Gasteiger partial charge in [-0.3, -0.25) is 19.8 Å². The van der Waals surface area contributed by atoms with Crippen LogP contribution in [0.4, 0.5) is 18.9 Å². The van der Waals surface area contributed by atoms with Gasteiger partial charge in [-0.1, -0.05) is 6.07 Å². The van der Waals surface area contributed by atoms with E-state index < -0.39 is 29.5 Å². The molecule has 1 N–H and O–H groups in total. The molecular formula is C18H13F3N2O5. The Labute approximate surface area is 156 Å². The van der Waals surface area contributed by atoms with Crippen LogP contribution in [0, 0.1) is 0 Å². The van der Waals surface area contributed by atoms with E-state index in [0.717, 1.165) is 29.3 Å². The topological polar surface area (TPSA) is 88.9 Å². The minimum Gasteiger partial charge on any atom is -0.458 e. The smallest absolute Gasteiger partial charge is 0.416 e. The molecule has 1 fully saturated rings. The SMILES string of the molecule is CC(=O)OCc1ccc(/C=C2\C(=O)NN(c3cccc(C(F)(F)F)c3)C2=O)o1. The third kappa shape index (κ3) is 4.05. The van der Waals surface area contributed by atoms with Crippen LogP contribution in [-0.4, -0.2) is 17.8 Å². The lowest BCUT2D eigenvalue weighted by molar-refractivity contribution is -0.142. The molecule has 0 bridgehead atoms. The lowest BCUT2D eigenvalue weighted by Gasteiger charge is -2.16. The van der Waals surface area contributed by atoms with Crippen molar-refractivity contribution >= 4 is 29.5 Å². The molecule has 1 aliphatic heterocycles. The highest BCUT2D eigenvalue weighted by Crippen LogP contribution is 2.32. The Morgan fingerprint density at radius 1 is 1.25 bits per heavy atom. The molecule has 0 unspecified atom stereocenters.